The van der Waals surface area contributed by atoms with Gasteiger partial charge in [-0.05, 0) is 73.0 Å². The van der Waals surface area contributed by atoms with E-state index in [2.05, 4.69) is 170 Å². The first-order valence-electron chi connectivity index (χ1n) is 21.3. The second-order valence-corrected chi connectivity index (χ2v) is 16.0. The monoisotopic (exact) mass is 807 g/mol. The van der Waals surface area contributed by atoms with Gasteiger partial charge in [-0.3, -0.25) is 0 Å². The summed E-state index contributed by atoms with van der Waals surface area (Å²) >= 11 is 0. The molecular formula is C58H41N5. The van der Waals surface area contributed by atoms with Crippen molar-refractivity contribution in [3.63, 3.8) is 0 Å². The number of fused-ring (bicyclic) bond motifs is 3. The van der Waals surface area contributed by atoms with Gasteiger partial charge in [-0.25, -0.2) is 19.9 Å². The Hall–Kier alpha value is -8.28. The summed E-state index contributed by atoms with van der Waals surface area (Å²) in [6, 6.07) is 74.3. The van der Waals surface area contributed by atoms with Gasteiger partial charge in [0.05, 0.1) is 39.5 Å². The van der Waals surface area contributed by atoms with Crippen LogP contribution in [0.2, 0.25) is 0 Å². The highest BCUT2D eigenvalue weighted by Crippen LogP contribution is 2.41. The molecule has 0 aliphatic carbocycles. The van der Waals surface area contributed by atoms with Gasteiger partial charge in [0.25, 0.3) is 0 Å². The molecule has 0 saturated carbocycles. The first-order chi connectivity index (χ1) is 31.0. The molecule has 5 heteroatoms. The highest BCUT2D eigenvalue weighted by molar-refractivity contribution is 6.11. The molecule has 0 saturated heterocycles. The molecule has 0 radical (unpaired) electrons. The molecule has 11 rings (SSSR count). The summed E-state index contributed by atoms with van der Waals surface area (Å²) < 4.78 is 2.40. The Kier molecular flexibility index (Phi) is 9.55. The van der Waals surface area contributed by atoms with Gasteiger partial charge in [-0.15, -0.1) is 0 Å². The van der Waals surface area contributed by atoms with E-state index in [0.29, 0.717) is 11.6 Å². The summed E-state index contributed by atoms with van der Waals surface area (Å²) in [7, 11) is 0. The zero-order chi connectivity index (χ0) is 42.3. The van der Waals surface area contributed by atoms with Crippen LogP contribution in [0.4, 0.5) is 0 Å². The molecule has 3 heterocycles. The summed E-state index contributed by atoms with van der Waals surface area (Å²) in [6.45, 7) is 4.34. The predicted molar refractivity (Wildman–Crippen MR) is 259 cm³/mol. The van der Waals surface area contributed by atoms with Gasteiger partial charge < -0.3 is 4.57 Å². The third-order valence-corrected chi connectivity index (χ3v) is 11.8. The second kappa shape index (κ2) is 16.0. The van der Waals surface area contributed by atoms with Crippen LogP contribution in [0.1, 0.15) is 11.1 Å². The second-order valence-electron chi connectivity index (χ2n) is 16.0. The van der Waals surface area contributed by atoms with Crippen molar-refractivity contribution < 1.29 is 0 Å². The van der Waals surface area contributed by atoms with Crippen molar-refractivity contribution in [3.8, 4) is 84.6 Å². The van der Waals surface area contributed by atoms with Gasteiger partial charge in [-0.2, -0.15) is 0 Å². The van der Waals surface area contributed by atoms with Crippen molar-refractivity contribution in [2.75, 3.05) is 0 Å². The molecule has 0 bridgehead atoms. The lowest BCUT2D eigenvalue weighted by molar-refractivity contribution is 1.14. The molecule has 3 aromatic heterocycles. The fourth-order valence-electron chi connectivity index (χ4n) is 8.76. The van der Waals surface area contributed by atoms with Crippen LogP contribution in [0.3, 0.4) is 0 Å². The number of para-hydroxylation sites is 1. The zero-order valence-corrected chi connectivity index (χ0v) is 34.9. The fourth-order valence-corrected chi connectivity index (χ4v) is 8.76. The maximum absolute atomic E-state index is 5.41. The molecule has 0 aliphatic rings. The Morgan fingerprint density at radius 1 is 0.317 bits per heavy atom. The quantitative estimate of drug-likeness (QED) is 0.153. The van der Waals surface area contributed by atoms with Crippen molar-refractivity contribution in [3.05, 3.63) is 223 Å². The molecule has 0 fully saturated rings. The van der Waals surface area contributed by atoms with Crippen molar-refractivity contribution in [2.45, 2.75) is 13.8 Å². The molecule has 298 valence electrons. The number of rotatable bonds is 8. The molecule has 0 unspecified atom stereocenters. The highest BCUT2D eigenvalue weighted by atomic mass is 15.0. The summed E-state index contributed by atoms with van der Waals surface area (Å²) in [5, 5.41) is 2.36. The number of nitrogens with zero attached hydrogens (tertiary/aromatic N) is 5. The lowest BCUT2D eigenvalue weighted by Crippen LogP contribution is -2.02. The number of aryl methyl sites for hydroxylation is 2. The van der Waals surface area contributed by atoms with Gasteiger partial charge in [0, 0.05) is 44.2 Å². The van der Waals surface area contributed by atoms with Gasteiger partial charge in [0.1, 0.15) is 0 Å². The van der Waals surface area contributed by atoms with Crippen LogP contribution < -0.4 is 0 Å². The minimum Gasteiger partial charge on any atom is -0.309 e. The number of aromatic nitrogens is 5. The average Bonchev–Trinajstić information content (AvgIpc) is 3.68. The minimum atomic E-state index is 0.628. The SMILES string of the molecule is Cc1ccc(-c2ccc3c4ccccc4n(-c4ccc(-c5nc(-c6ccccc6)cc(-c6ccccc6)n5)cc4-c4cc(-c5ccccc5)nc(-c5ccccc5)n4)c3c2)c(C)c1. The van der Waals surface area contributed by atoms with Crippen LogP contribution in [0.25, 0.3) is 106 Å². The van der Waals surface area contributed by atoms with Crippen molar-refractivity contribution in [2.24, 2.45) is 0 Å². The van der Waals surface area contributed by atoms with Crippen molar-refractivity contribution in [1.82, 2.24) is 24.5 Å². The van der Waals surface area contributed by atoms with Crippen LogP contribution in [-0.4, -0.2) is 24.5 Å². The van der Waals surface area contributed by atoms with E-state index in [9.17, 15) is 0 Å². The van der Waals surface area contributed by atoms with E-state index in [-0.39, 0.29) is 0 Å². The first kappa shape index (κ1) is 37.7. The Balaban J connectivity index is 1.21. The zero-order valence-electron chi connectivity index (χ0n) is 34.9. The fraction of sp³-hybridized carbons (Fsp3) is 0.0345. The third-order valence-electron chi connectivity index (χ3n) is 11.8. The highest BCUT2D eigenvalue weighted by Gasteiger charge is 2.21. The topological polar surface area (TPSA) is 56.5 Å². The van der Waals surface area contributed by atoms with E-state index in [1.165, 1.54) is 33.0 Å². The number of hydrogen-bond donors (Lipinski definition) is 0. The molecule has 8 aromatic carbocycles. The van der Waals surface area contributed by atoms with Crippen LogP contribution in [0.15, 0.2) is 212 Å². The van der Waals surface area contributed by atoms with Gasteiger partial charge in [0.15, 0.2) is 11.6 Å². The van der Waals surface area contributed by atoms with Gasteiger partial charge >= 0.3 is 0 Å². The van der Waals surface area contributed by atoms with E-state index in [1.54, 1.807) is 0 Å². The molecule has 0 amide bonds. The average molecular weight is 808 g/mol. The third kappa shape index (κ3) is 7.15. The van der Waals surface area contributed by atoms with Crippen LogP contribution in [0.5, 0.6) is 0 Å². The molecule has 11 aromatic rings. The van der Waals surface area contributed by atoms with Gasteiger partial charge in [-0.1, -0.05) is 175 Å². The van der Waals surface area contributed by atoms with Crippen LogP contribution in [0, 0.1) is 13.8 Å². The first-order valence-corrected chi connectivity index (χ1v) is 21.3. The van der Waals surface area contributed by atoms with E-state index in [0.717, 1.165) is 72.9 Å². The summed E-state index contributed by atoms with van der Waals surface area (Å²) in [6.07, 6.45) is 0. The van der Waals surface area contributed by atoms with Crippen LogP contribution in [-0.2, 0) is 0 Å². The smallest absolute Gasteiger partial charge is 0.160 e. The molecule has 0 atom stereocenters. The van der Waals surface area contributed by atoms with Crippen LogP contribution >= 0.6 is 0 Å². The summed E-state index contributed by atoms with van der Waals surface area (Å²) in [4.78, 5) is 21.1. The maximum atomic E-state index is 5.41. The number of benzene rings is 8. The molecular weight excluding hydrogens is 767 g/mol. The number of hydrogen-bond acceptors (Lipinski definition) is 4. The maximum Gasteiger partial charge on any atom is 0.160 e. The predicted octanol–water partition coefficient (Wildman–Crippen LogP) is 14.6. The lowest BCUT2D eigenvalue weighted by atomic mass is 9.97. The van der Waals surface area contributed by atoms with E-state index in [4.69, 9.17) is 19.9 Å². The lowest BCUT2D eigenvalue weighted by Gasteiger charge is -2.17. The Bertz CT molecular complexity index is 3340. The normalized spacial score (nSPS) is 11.3. The molecule has 0 spiro atoms. The minimum absolute atomic E-state index is 0.628. The van der Waals surface area contributed by atoms with E-state index >= 15 is 0 Å². The Labute approximate surface area is 366 Å². The molecule has 0 aliphatic heterocycles. The van der Waals surface area contributed by atoms with Gasteiger partial charge in [0.2, 0.25) is 0 Å². The van der Waals surface area contributed by atoms with Crippen molar-refractivity contribution >= 4 is 21.8 Å². The standard InChI is InChI=1S/C58H41N5/c1-38-27-30-46(39(2)33-38)44-28-31-48-47-25-15-16-26-54(47)63(56(48)35-44)55-32-29-45(58-60-50(40-17-7-3-8-18-40)36-51(61-58)41-19-9-4-10-20-41)34-49(55)53-37-52(42-21-11-5-12-22-42)59-57(62-53)43-23-13-6-14-24-43/h3-37H,1-2H3. The van der Waals surface area contributed by atoms with Crippen molar-refractivity contribution in [1.29, 1.82) is 0 Å². The molecule has 5 nitrogen and oxygen atoms in total. The summed E-state index contributed by atoms with van der Waals surface area (Å²) in [5.41, 5.74) is 17.2. The van der Waals surface area contributed by atoms with E-state index in [1.807, 2.05) is 60.7 Å². The largest absolute Gasteiger partial charge is 0.309 e. The summed E-state index contributed by atoms with van der Waals surface area (Å²) in [5.74, 6) is 1.28. The molecule has 0 N–H and O–H groups in total. The molecule has 63 heavy (non-hydrogen) atoms. The Morgan fingerprint density at radius 2 is 0.810 bits per heavy atom. The van der Waals surface area contributed by atoms with E-state index < -0.39 is 0 Å². The Morgan fingerprint density at radius 3 is 1.41 bits per heavy atom.